The zero-order chi connectivity index (χ0) is 13.0. The number of halogens is 2. The highest BCUT2D eigenvalue weighted by molar-refractivity contribution is 6.36. The summed E-state index contributed by atoms with van der Waals surface area (Å²) < 4.78 is 0. The molecule has 17 heavy (non-hydrogen) atoms. The van der Waals surface area contributed by atoms with Crippen molar-refractivity contribution >= 4 is 35.8 Å². The second-order valence-corrected chi connectivity index (χ2v) is 4.16. The zero-order valence-corrected chi connectivity index (χ0v) is 10.8. The van der Waals surface area contributed by atoms with Crippen molar-refractivity contribution in [3.63, 3.8) is 0 Å². The highest BCUT2D eigenvalue weighted by Crippen LogP contribution is 2.35. The SMILES string of the molecule is C=N/C(=C\C)C(C(N)=O)c1c(Cl)cccc1Cl. The Labute approximate surface area is 110 Å². The lowest BCUT2D eigenvalue weighted by atomic mass is 9.94. The van der Waals surface area contributed by atoms with Gasteiger partial charge in [0.05, 0.1) is 5.70 Å². The molecule has 3 nitrogen and oxygen atoms in total. The minimum Gasteiger partial charge on any atom is -0.369 e. The Morgan fingerprint density at radius 2 is 2.00 bits per heavy atom. The van der Waals surface area contributed by atoms with E-state index in [1.165, 1.54) is 0 Å². The molecule has 0 saturated carbocycles. The molecule has 0 aliphatic rings. The summed E-state index contributed by atoms with van der Waals surface area (Å²) in [6, 6.07) is 4.99. The maximum Gasteiger partial charge on any atom is 0.231 e. The minimum absolute atomic E-state index is 0.379. The summed E-state index contributed by atoms with van der Waals surface area (Å²) in [7, 11) is 0. The average molecular weight is 271 g/mol. The van der Waals surface area contributed by atoms with Crippen LogP contribution in [-0.4, -0.2) is 12.6 Å². The van der Waals surface area contributed by atoms with Gasteiger partial charge in [-0.15, -0.1) is 0 Å². The number of carbonyl (C=O) groups excluding carboxylic acids is 1. The number of hydrogen-bond donors (Lipinski definition) is 1. The summed E-state index contributed by atoms with van der Waals surface area (Å²) >= 11 is 12.1. The molecular formula is C12H12Cl2N2O. The van der Waals surface area contributed by atoms with Crippen LogP contribution < -0.4 is 5.73 Å². The largest absolute Gasteiger partial charge is 0.369 e. The Hall–Kier alpha value is -1.32. The second-order valence-electron chi connectivity index (χ2n) is 3.34. The van der Waals surface area contributed by atoms with Gasteiger partial charge in [-0.1, -0.05) is 35.3 Å². The standard InChI is InChI=1S/C12H12Cl2N2O/c1-3-9(16-2)11(12(15)17)10-7(13)5-4-6-8(10)14/h3-6,11H,2H2,1H3,(H2,15,17)/b9-3-. The molecule has 0 aliphatic carbocycles. The van der Waals surface area contributed by atoms with E-state index >= 15 is 0 Å². The fourth-order valence-corrected chi connectivity index (χ4v) is 2.19. The molecule has 0 bridgehead atoms. The topological polar surface area (TPSA) is 55.4 Å². The van der Waals surface area contributed by atoms with Crippen LogP contribution in [0.2, 0.25) is 10.0 Å². The fourth-order valence-electron chi connectivity index (χ4n) is 1.57. The number of allylic oxidation sites excluding steroid dienone is 1. The second kappa shape index (κ2) is 5.84. The van der Waals surface area contributed by atoms with E-state index in [9.17, 15) is 4.79 Å². The predicted molar refractivity (Wildman–Crippen MR) is 71.7 cm³/mol. The number of amides is 1. The number of benzene rings is 1. The van der Waals surface area contributed by atoms with Crippen molar-refractivity contribution < 1.29 is 4.79 Å². The Balaban J connectivity index is 3.43. The van der Waals surface area contributed by atoms with Crippen LogP contribution in [0.5, 0.6) is 0 Å². The van der Waals surface area contributed by atoms with Crippen LogP contribution in [-0.2, 0) is 4.79 Å². The molecule has 1 amide bonds. The summed E-state index contributed by atoms with van der Waals surface area (Å²) in [6.45, 7) is 5.15. The number of aliphatic imine (C=N–C) groups is 1. The smallest absolute Gasteiger partial charge is 0.231 e. The molecule has 0 fully saturated rings. The van der Waals surface area contributed by atoms with Crippen LogP contribution in [0.15, 0.2) is 35.0 Å². The molecule has 1 aromatic rings. The molecule has 0 spiro atoms. The number of nitrogens with two attached hydrogens (primary N) is 1. The number of nitrogens with zero attached hydrogens (tertiary/aromatic N) is 1. The van der Waals surface area contributed by atoms with Gasteiger partial charge in [0.25, 0.3) is 0 Å². The first-order valence-electron chi connectivity index (χ1n) is 4.89. The van der Waals surface area contributed by atoms with Crippen LogP contribution >= 0.6 is 23.2 Å². The maximum atomic E-state index is 11.5. The van der Waals surface area contributed by atoms with Gasteiger partial charge in [0.2, 0.25) is 5.91 Å². The summed E-state index contributed by atoms with van der Waals surface area (Å²) in [5.74, 6) is -1.35. The molecule has 1 aromatic carbocycles. The molecule has 1 rings (SSSR count). The molecule has 0 radical (unpaired) electrons. The van der Waals surface area contributed by atoms with Gasteiger partial charge in [-0.25, -0.2) is 0 Å². The van der Waals surface area contributed by atoms with Gasteiger partial charge in [0.1, 0.15) is 5.92 Å². The van der Waals surface area contributed by atoms with E-state index in [-0.39, 0.29) is 0 Å². The lowest BCUT2D eigenvalue weighted by molar-refractivity contribution is -0.118. The van der Waals surface area contributed by atoms with Crippen LogP contribution in [0.4, 0.5) is 0 Å². The molecule has 90 valence electrons. The van der Waals surface area contributed by atoms with E-state index < -0.39 is 11.8 Å². The molecule has 1 atom stereocenters. The number of rotatable bonds is 4. The molecular weight excluding hydrogens is 259 g/mol. The highest BCUT2D eigenvalue weighted by Gasteiger charge is 2.26. The average Bonchev–Trinajstić information content (AvgIpc) is 2.27. The Bertz CT molecular complexity index is 463. The lowest BCUT2D eigenvalue weighted by Crippen LogP contribution is -2.23. The van der Waals surface area contributed by atoms with Crippen LogP contribution in [0.25, 0.3) is 0 Å². The van der Waals surface area contributed by atoms with Crippen molar-refractivity contribution in [3.8, 4) is 0 Å². The van der Waals surface area contributed by atoms with Crippen LogP contribution in [0.1, 0.15) is 18.4 Å². The molecule has 1 unspecified atom stereocenters. The monoisotopic (exact) mass is 270 g/mol. The van der Waals surface area contributed by atoms with Crippen molar-refractivity contribution in [1.29, 1.82) is 0 Å². The predicted octanol–water partition coefficient (Wildman–Crippen LogP) is 3.17. The van der Waals surface area contributed by atoms with Gasteiger partial charge >= 0.3 is 0 Å². The van der Waals surface area contributed by atoms with E-state index in [0.29, 0.717) is 21.3 Å². The van der Waals surface area contributed by atoms with Crippen LogP contribution in [0, 0.1) is 0 Å². The number of primary amides is 1. The van der Waals surface area contributed by atoms with Gasteiger partial charge in [-0.05, 0) is 25.8 Å². The first-order valence-corrected chi connectivity index (χ1v) is 5.64. The lowest BCUT2D eigenvalue weighted by Gasteiger charge is -2.17. The Morgan fingerprint density at radius 3 is 2.35 bits per heavy atom. The van der Waals surface area contributed by atoms with Crippen molar-refractivity contribution in [2.75, 3.05) is 0 Å². The maximum absolute atomic E-state index is 11.5. The summed E-state index contributed by atoms with van der Waals surface area (Å²) in [5, 5.41) is 0.758. The molecule has 0 saturated heterocycles. The van der Waals surface area contributed by atoms with Crippen molar-refractivity contribution in [2.24, 2.45) is 10.7 Å². The first kappa shape index (κ1) is 13.7. The Kier molecular flexibility index (Phi) is 4.73. The first-order chi connectivity index (χ1) is 8.02. The van der Waals surface area contributed by atoms with Gasteiger partial charge < -0.3 is 5.73 Å². The summed E-state index contributed by atoms with van der Waals surface area (Å²) in [4.78, 5) is 15.3. The van der Waals surface area contributed by atoms with Gasteiger partial charge in [0, 0.05) is 15.6 Å². The molecule has 0 aromatic heterocycles. The van der Waals surface area contributed by atoms with E-state index in [0.717, 1.165) is 0 Å². The molecule has 0 heterocycles. The summed E-state index contributed by atoms with van der Waals surface area (Å²) in [5.41, 5.74) is 6.27. The zero-order valence-electron chi connectivity index (χ0n) is 9.28. The van der Waals surface area contributed by atoms with Gasteiger partial charge in [0.15, 0.2) is 0 Å². The minimum atomic E-state index is -0.779. The quantitative estimate of drug-likeness (QED) is 0.840. The van der Waals surface area contributed by atoms with E-state index in [4.69, 9.17) is 28.9 Å². The van der Waals surface area contributed by atoms with Gasteiger partial charge in [-0.2, -0.15) is 0 Å². The van der Waals surface area contributed by atoms with Crippen molar-refractivity contribution in [2.45, 2.75) is 12.8 Å². The van der Waals surface area contributed by atoms with E-state index in [2.05, 4.69) is 11.7 Å². The number of carbonyl (C=O) groups is 1. The van der Waals surface area contributed by atoms with Crippen LogP contribution in [0.3, 0.4) is 0 Å². The normalized spacial score (nSPS) is 13.2. The molecule has 2 N–H and O–H groups in total. The summed E-state index contributed by atoms with van der Waals surface area (Å²) in [6.07, 6.45) is 1.65. The molecule has 0 aliphatic heterocycles. The van der Waals surface area contributed by atoms with E-state index in [1.54, 1.807) is 31.2 Å². The van der Waals surface area contributed by atoms with Crippen molar-refractivity contribution in [1.82, 2.24) is 0 Å². The highest BCUT2D eigenvalue weighted by atomic mass is 35.5. The third-order valence-electron chi connectivity index (χ3n) is 2.35. The molecule has 5 heteroatoms. The van der Waals surface area contributed by atoms with Crippen molar-refractivity contribution in [3.05, 3.63) is 45.6 Å². The van der Waals surface area contributed by atoms with E-state index in [1.807, 2.05) is 0 Å². The van der Waals surface area contributed by atoms with Gasteiger partial charge in [-0.3, -0.25) is 9.79 Å². The third kappa shape index (κ3) is 2.87. The fraction of sp³-hybridized carbons (Fsp3) is 0.167. The third-order valence-corrected chi connectivity index (χ3v) is 3.01. The Morgan fingerprint density at radius 1 is 1.47 bits per heavy atom. The number of hydrogen-bond acceptors (Lipinski definition) is 2.